The quantitative estimate of drug-likeness (QED) is 0.213. The van der Waals surface area contributed by atoms with Gasteiger partial charge in [-0.25, -0.2) is 9.78 Å². The molecule has 1 aromatic heterocycles. The van der Waals surface area contributed by atoms with Crippen molar-refractivity contribution in [3.63, 3.8) is 0 Å². The van der Waals surface area contributed by atoms with Crippen molar-refractivity contribution in [2.24, 2.45) is 0 Å². The van der Waals surface area contributed by atoms with Crippen LogP contribution in [-0.2, 0) is 0 Å². The molecule has 0 radical (unpaired) electrons. The van der Waals surface area contributed by atoms with E-state index in [1.165, 1.54) is 0 Å². The minimum absolute atomic E-state index is 0.274. The summed E-state index contributed by atoms with van der Waals surface area (Å²) in [5, 5.41) is 1.77. The maximum Gasteiger partial charge on any atom is 0.344 e. The average molecular weight is 478 g/mol. The Kier molecular flexibility index (Phi) is 6.73. The van der Waals surface area contributed by atoms with Gasteiger partial charge in [0.1, 0.15) is 5.75 Å². The predicted octanol–water partition coefficient (Wildman–Crippen LogP) is 8.56. The smallest absolute Gasteiger partial charge is 0.344 e. The van der Waals surface area contributed by atoms with Gasteiger partial charge in [-0.15, -0.1) is 0 Å². The number of carbonyl (C=O) groups is 1. The molecule has 168 valence electrons. The van der Waals surface area contributed by atoms with Crippen LogP contribution < -0.4 is 4.74 Å². The first-order chi connectivity index (χ1) is 15.8. The maximum atomic E-state index is 13.5. The summed E-state index contributed by atoms with van der Waals surface area (Å²) in [7, 11) is 0. The van der Waals surface area contributed by atoms with Crippen molar-refractivity contribution in [1.82, 2.24) is 4.98 Å². The van der Waals surface area contributed by atoms with Crippen molar-refractivity contribution < 1.29 is 9.53 Å². The van der Waals surface area contributed by atoms with Crippen LogP contribution in [0.1, 0.15) is 53.2 Å². The van der Waals surface area contributed by atoms with Gasteiger partial charge in [0.05, 0.1) is 21.8 Å². The molecule has 0 N–H and O–H groups in total. The van der Waals surface area contributed by atoms with Crippen LogP contribution in [0.4, 0.5) is 0 Å². The molecule has 3 aromatic carbocycles. The highest BCUT2D eigenvalue weighted by Crippen LogP contribution is 2.34. The number of carbonyl (C=O) groups excluding carboxylic acids is 1. The molecule has 0 aliphatic rings. The molecule has 0 aliphatic heterocycles. The lowest BCUT2D eigenvalue weighted by atomic mass is 9.97. The number of esters is 1. The number of pyridine rings is 1. The lowest BCUT2D eigenvalue weighted by Crippen LogP contribution is -2.12. The number of aryl methyl sites for hydroxylation is 2. The van der Waals surface area contributed by atoms with Crippen LogP contribution >= 0.6 is 23.2 Å². The Hall–Kier alpha value is -2.88. The Labute approximate surface area is 204 Å². The number of hydrogen-bond donors (Lipinski definition) is 0. The van der Waals surface area contributed by atoms with Gasteiger partial charge in [0.2, 0.25) is 0 Å². The molecule has 0 aliphatic carbocycles. The Balaban J connectivity index is 1.88. The summed E-state index contributed by atoms with van der Waals surface area (Å²) in [6.07, 6.45) is 0.949. The fraction of sp³-hybridized carbons (Fsp3) is 0.214. The van der Waals surface area contributed by atoms with E-state index in [0.717, 1.165) is 34.0 Å². The van der Waals surface area contributed by atoms with Gasteiger partial charge in [0.15, 0.2) is 0 Å². The molecule has 4 rings (SSSR count). The molecule has 0 bridgehead atoms. The van der Waals surface area contributed by atoms with E-state index in [4.69, 9.17) is 32.9 Å². The highest BCUT2D eigenvalue weighted by Gasteiger charge is 2.20. The van der Waals surface area contributed by atoms with Crippen LogP contribution in [0.2, 0.25) is 10.0 Å². The molecule has 0 amide bonds. The fourth-order valence-electron chi connectivity index (χ4n) is 4.04. The Morgan fingerprint density at radius 2 is 1.79 bits per heavy atom. The molecular formula is C28H25Cl2NO2. The number of nitrogens with zero attached hydrogens (tertiary/aromatic N) is 1. The van der Waals surface area contributed by atoms with Gasteiger partial charge in [-0.05, 0) is 73.7 Å². The van der Waals surface area contributed by atoms with Crippen molar-refractivity contribution in [2.45, 2.75) is 40.0 Å². The summed E-state index contributed by atoms with van der Waals surface area (Å²) in [5.74, 6) is 0.433. The van der Waals surface area contributed by atoms with E-state index in [1.54, 1.807) is 18.2 Å². The molecule has 4 aromatic rings. The fourth-order valence-corrected chi connectivity index (χ4v) is 4.55. The SMILES string of the molecule is CCC(C)c1ccccc1OC(=O)c1cc(-c2ccc(Cl)cc2Cl)nc2c(C)cc(C)cc12. The van der Waals surface area contributed by atoms with E-state index in [2.05, 4.69) is 19.9 Å². The third kappa shape index (κ3) is 4.75. The molecule has 0 saturated heterocycles. The van der Waals surface area contributed by atoms with Crippen LogP contribution in [0.15, 0.2) is 60.7 Å². The van der Waals surface area contributed by atoms with Crippen molar-refractivity contribution in [3.8, 4) is 17.0 Å². The van der Waals surface area contributed by atoms with Crippen molar-refractivity contribution in [1.29, 1.82) is 0 Å². The Morgan fingerprint density at radius 3 is 2.52 bits per heavy atom. The van der Waals surface area contributed by atoms with Gasteiger partial charge in [-0.2, -0.15) is 0 Å². The molecule has 0 saturated carbocycles. The van der Waals surface area contributed by atoms with E-state index in [1.807, 2.05) is 50.2 Å². The highest BCUT2D eigenvalue weighted by molar-refractivity contribution is 6.36. The summed E-state index contributed by atoms with van der Waals surface area (Å²) in [4.78, 5) is 18.4. The summed E-state index contributed by atoms with van der Waals surface area (Å²) in [6.45, 7) is 8.24. The number of halogens is 2. The maximum absolute atomic E-state index is 13.5. The highest BCUT2D eigenvalue weighted by atomic mass is 35.5. The molecule has 0 fully saturated rings. The number of fused-ring (bicyclic) bond motifs is 1. The van der Waals surface area contributed by atoms with Gasteiger partial charge in [0, 0.05) is 16.0 Å². The Morgan fingerprint density at radius 1 is 1.03 bits per heavy atom. The summed E-state index contributed by atoms with van der Waals surface area (Å²) >= 11 is 12.6. The number of benzene rings is 3. The van der Waals surface area contributed by atoms with Gasteiger partial charge < -0.3 is 4.74 Å². The zero-order valence-electron chi connectivity index (χ0n) is 19.1. The molecule has 5 heteroatoms. The molecular weight excluding hydrogens is 453 g/mol. The van der Waals surface area contributed by atoms with Gasteiger partial charge in [-0.3, -0.25) is 0 Å². The van der Waals surface area contributed by atoms with Crippen LogP contribution in [0.3, 0.4) is 0 Å². The normalized spacial score (nSPS) is 12.1. The lowest BCUT2D eigenvalue weighted by Gasteiger charge is -2.16. The van der Waals surface area contributed by atoms with Gasteiger partial charge in [0.25, 0.3) is 0 Å². The van der Waals surface area contributed by atoms with Crippen LogP contribution in [0, 0.1) is 13.8 Å². The van der Waals surface area contributed by atoms with Crippen molar-refractivity contribution in [3.05, 3.63) is 93.0 Å². The second-order valence-electron chi connectivity index (χ2n) is 8.39. The number of para-hydroxylation sites is 1. The van der Waals surface area contributed by atoms with E-state index >= 15 is 0 Å². The number of rotatable bonds is 5. The Bertz CT molecular complexity index is 1360. The third-order valence-corrected chi connectivity index (χ3v) is 6.49. The number of hydrogen-bond acceptors (Lipinski definition) is 3. The minimum atomic E-state index is -0.422. The minimum Gasteiger partial charge on any atom is -0.423 e. The van der Waals surface area contributed by atoms with Crippen molar-refractivity contribution >= 4 is 40.1 Å². The van der Waals surface area contributed by atoms with E-state index < -0.39 is 5.97 Å². The van der Waals surface area contributed by atoms with E-state index in [9.17, 15) is 4.79 Å². The largest absolute Gasteiger partial charge is 0.423 e. The topological polar surface area (TPSA) is 39.2 Å². The molecule has 0 spiro atoms. The molecule has 1 unspecified atom stereocenters. The van der Waals surface area contributed by atoms with Crippen LogP contribution in [0.5, 0.6) is 5.75 Å². The first-order valence-corrected chi connectivity index (χ1v) is 11.7. The van der Waals surface area contributed by atoms with E-state index in [0.29, 0.717) is 32.6 Å². The second kappa shape index (κ2) is 9.54. The zero-order chi connectivity index (χ0) is 23.7. The molecule has 33 heavy (non-hydrogen) atoms. The second-order valence-corrected chi connectivity index (χ2v) is 9.24. The summed E-state index contributed by atoms with van der Waals surface area (Å²) in [6, 6.07) is 18.7. The third-order valence-electron chi connectivity index (χ3n) is 5.94. The first kappa shape index (κ1) is 23.3. The molecule has 3 nitrogen and oxygen atoms in total. The van der Waals surface area contributed by atoms with Gasteiger partial charge in [-0.1, -0.05) is 66.9 Å². The zero-order valence-corrected chi connectivity index (χ0v) is 20.6. The van der Waals surface area contributed by atoms with Crippen LogP contribution in [-0.4, -0.2) is 11.0 Å². The molecule has 1 heterocycles. The van der Waals surface area contributed by atoms with E-state index in [-0.39, 0.29) is 5.92 Å². The molecule has 1 atom stereocenters. The number of aromatic nitrogens is 1. The standard InChI is InChI=1S/C28H25Cl2NO2/c1-5-17(3)20-8-6-7-9-26(20)33-28(32)23-15-25(21-11-10-19(29)14-24(21)30)31-27-18(4)12-16(2)13-22(23)27/h6-15,17H,5H2,1-4H3. The first-order valence-electron chi connectivity index (χ1n) is 11.0. The van der Waals surface area contributed by atoms with Crippen molar-refractivity contribution in [2.75, 3.05) is 0 Å². The lowest BCUT2D eigenvalue weighted by molar-refractivity contribution is 0.0734. The monoisotopic (exact) mass is 477 g/mol. The van der Waals surface area contributed by atoms with Crippen LogP contribution in [0.25, 0.3) is 22.2 Å². The summed E-state index contributed by atoms with van der Waals surface area (Å²) < 4.78 is 5.96. The predicted molar refractivity (Wildman–Crippen MR) is 137 cm³/mol. The average Bonchev–Trinajstić information content (AvgIpc) is 2.78. The van der Waals surface area contributed by atoms with Gasteiger partial charge >= 0.3 is 5.97 Å². The summed E-state index contributed by atoms with van der Waals surface area (Å²) in [5.41, 5.74) is 5.53. The number of ether oxygens (including phenoxy) is 1.